The fourth-order valence-electron chi connectivity index (χ4n) is 2.91. The van der Waals surface area contributed by atoms with Gasteiger partial charge in [0.1, 0.15) is 6.07 Å². The molecule has 0 unspecified atom stereocenters. The summed E-state index contributed by atoms with van der Waals surface area (Å²) in [5.41, 5.74) is 4.28. The number of aromatic nitrogens is 3. The standard InChI is InChI=1S/C15H11ClN4.C4H8O2/c1-9-8-20(2)14-11(7-17)5-10(6-12(9)14)13-3-4-18-15(16)19-13;1-2-6-4-3-5-1/h3-6,8H,1-2H3;1-4H2. The Morgan fingerprint density at radius 1 is 1.19 bits per heavy atom. The molecule has 1 fully saturated rings. The van der Waals surface area contributed by atoms with E-state index in [9.17, 15) is 5.26 Å². The molecular formula is C19H19ClN4O2. The summed E-state index contributed by atoms with van der Waals surface area (Å²) in [4.78, 5) is 8.08. The maximum absolute atomic E-state index is 9.37. The molecule has 0 aliphatic carbocycles. The molecule has 0 N–H and O–H groups in total. The number of fused-ring (bicyclic) bond motifs is 1. The highest BCUT2D eigenvalue weighted by molar-refractivity contribution is 6.28. The normalized spacial score (nSPS) is 13.8. The number of nitrogens with zero attached hydrogens (tertiary/aromatic N) is 4. The van der Waals surface area contributed by atoms with Gasteiger partial charge in [0.25, 0.3) is 0 Å². The summed E-state index contributed by atoms with van der Waals surface area (Å²) in [5, 5.41) is 10.6. The molecule has 6 nitrogen and oxygen atoms in total. The summed E-state index contributed by atoms with van der Waals surface area (Å²) in [6.07, 6.45) is 3.63. The van der Waals surface area contributed by atoms with Gasteiger partial charge in [-0.05, 0) is 42.3 Å². The average molecular weight is 371 g/mol. The lowest BCUT2D eigenvalue weighted by Crippen LogP contribution is -2.16. The van der Waals surface area contributed by atoms with Gasteiger partial charge in [-0.3, -0.25) is 0 Å². The summed E-state index contributed by atoms with van der Waals surface area (Å²) in [6, 6.07) is 7.90. The second kappa shape index (κ2) is 8.28. The van der Waals surface area contributed by atoms with E-state index in [4.69, 9.17) is 21.1 Å². The smallest absolute Gasteiger partial charge is 0.222 e. The zero-order valence-electron chi connectivity index (χ0n) is 14.7. The maximum atomic E-state index is 9.37. The van der Waals surface area contributed by atoms with Crippen molar-refractivity contribution in [3.05, 3.63) is 47.0 Å². The van der Waals surface area contributed by atoms with Crippen LogP contribution in [0.4, 0.5) is 0 Å². The van der Waals surface area contributed by atoms with Crippen LogP contribution in [0.15, 0.2) is 30.6 Å². The molecule has 4 rings (SSSR count). The van der Waals surface area contributed by atoms with Crippen LogP contribution in [0, 0.1) is 18.3 Å². The minimum Gasteiger partial charge on any atom is -0.377 e. The monoisotopic (exact) mass is 370 g/mol. The van der Waals surface area contributed by atoms with Gasteiger partial charge in [-0.15, -0.1) is 0 Å². The van der Waals surface area contributed by atoms with Crippen molar-refractivity contribution in [2.24, 2.45) is 7.05 Å². The van der Waals surface area contributed by atoms with E-state index in [0.29, 0.717) is 11.3 Å². The van der Waals surface area contributed by atoms with Gasteiger partial charge in [0.15, 0.2) is 0 Å². The first-order valence-corrected chi connectivity index (χ1v) is 8.62. The molecule has 0 bridgehead atoms. The van der Waals surface area contributed by atoms with Crippen LogP contribution in [-0.4, -0.2) is 41.0 Å². The Kier molecular flexibility index (Phi) is 5.84. The van der Waals surface area contributed by atoms with Crippen molar-refractivity contribution >= 4 is 22.5 Å². The SMILES string of the molecule is C1COCCO1.Cc1cn(C)c2c(C#N)cc(-c3ccnc(Cl)n3)cc12. The summed E-state index contributed by atoms with van der Waals surface area (Å²) >= 11 is 5.83. The molecule has 0 amide bonds. The molecule has 3 aromatic rings. The van der Waals surface area contributed by atoms with Crippen molar-refractivity contribution in [2.45, 2.75) is 6.92 Å². The van der Waals surface area contributed by atoms with Crippen molar-refractivity contribution in [1.82, 2.24) is 14.5 Å². The van der Waals surface area contributed by atoms with Crippen LogP contribution < -0.4 is 0 Å². The number of rotatable bonds is 1. The first-order chi connectivity index (χ1) is 12.6. The molecule has 1 aliphatic rings. The number of benzene rings is 1. The lowest BCUT2D eigenvalue weighted by Gasteiger charge is -2.09. The molecule has 0 radical (unpaired) electrons. The van der Waals surface area contributed by atoms with Gasteiger partial charge in [0.05, 0.1) is 43.2 Å². The van der Waals surface area contributed by atoms with E-state index in [1.165, 1.54) is 0 Å². The Balaban J connectivity index is 0.000000278. The molecule has 1 aromatic carbocycles. The number of ether oxygens (including phenoxy) is 2. The van der Waals surface area contributed by atoms with Crippen molar-refractivity contribution in [1.29, 1.82) is 5.26 Å². The highest BCUT2D eigenvalue weighted by atomic mass is 35.5. The van der Waals surface area contributed by atoms with Crippen LogP contribution in [-0.2, 0) is 16.5 Å². The van der Waals surface area contributed by atoms with Crippen LogP contribution in [0.2, 0.25) is 5.28 Å². The zero-order valence-corrected chi connectivity index (χ0v) is 15.5. The lowest BCUT2D eigenvalue weighted by molar-refractivity contribution is -0.0334. The van der Waals surface area contributed by atoms with E-state index in [1.807, 2.05) is 36.9 Å². The van der Waals surface area contributed by atoms with Crippen LogP contribution in [0.5, 0.6) is 0 Å². The Morgan fingerprint density at radius 3 is 2.46 bits per heavy atom. The van der Waals surface area contributed by atoms with Crippen LogP contribution in [0.25, 0.3) is 22.2 Å². The largest absolute Gasteiger partial charge is 0.377 e. The molecule has 134 valence electrons. The van der Waals surface area contributed by atoms with E-state index in [2.05, 4.69) is 16.0 Å². The predicted octanol–water partition coefficient (Wildman–Crippen LogP) is 3.50. The van der Waals surface area contributed by atoms with Gasteiger partial charge in [-0.1, -0.05) is 0 Å². The molecule has 1 aliphatic heterocycles. The second-order valence-corrected chi connectivity index (χ2v) is 6.23. The molecule has 2 aromatic heterocycles. The Morgan fingerprint density at radius 2 is 1.88 bits per heavy atom. The third-order valence-electron chi connectivity index (χ3n) is 4.06. The summed E-state index contributed by atoms with van der Waals surface area (Å²) in [6.45, 7) is 5.14. The van der Waals surface area contributed by atoms with Gasteiger partial charge < -0.3 is 14.0 Å². The predicted molar refractivity (Wildman–Crippen MR) is 100 cm³/mol. The molecule has 26 heavy (non-hydrogen) atoms. The zero-order chi connectivity index (χ0) is 18.5. The van der Waals surface area contributed by atoms with Gasteiger partial charge >= 0.3 is 0 Å². The quantitative estimate of drug-likeness (QED) is 0.613. The first kappa shape index (κ1) is 18.3. The van der Waals surface area contributed by atoms with Gasteiger partial charge in [-0.25, -0.2) is 9.97 Å². The second-order valence-electron chi connectivity index (χ2n) is 5.89. The minimum atomic E-state index is 0.200. The lowest BCUT2D eigenvalue weighted by atomic mass is 10.0. The molecular weight excluding hydrogens is 352 g/mol. The summed E-state index contributed by atoms with van der Waals surface area (Å²) < 4.78 is 11.9. The average Bonchev–Trinajstić information content (AvgIpc) is 2.97. The highest BCUT2D eigenvalue weighted by Crippen LogP contribution is 2.29. The number of hydrogen-bond donors (Lipinski definition) is 0. The highest BCUT2D eigenvalue weighted by Gasteiger charge is 2.12. The molecule has 0 atom stereocenters. The topological polar surface area (TPSA) is 73.0 Å². The number of nitriles is 1. The van der Waals surface area contributed by atoms with Crippen LogP contribution in [0.3, 0.4) is 0 Å². The van der Waals surface area contributed by atoms with Gasteiger partial charge in [-0.2, -0.15) is 5.26 Å². The van der Waals surface area contributed by atoms with E-state index in [-0.39, 0.29) is 5.28 Å². The summed E-state index contributed by atoms with van der Waals surface area (Å²) in [7, 11) is 1.94. The number of hydrogen-bond acceptors (Lipinski definition) is 5. The van der Waals surface area contributed by atoms with E-state index >= 15 is 0 Å². The molecule has 1 saturated heterocycles. The van der Waals surface area contributed by atoms with Gasteiger partial charge in [0, 0.05) is 30.4 Å². The third kappa shape index (κ3) is 4.02. The van der Waals surface area contributed by atoms with E-state index in [0.717, 1.165) is 48.5 Å². The maximum Gasteiger partial charge on any atom is 0.222 e. The molecule has 0 spiro atoms. The van der Waals surface area contributed by atoms with Crippen molar-refractivity contribution in [3.8, 4) is 17.3 Å². The summed E-state index contributed by atoms with van der Waals surface area (Å²) in [5.74, 6) is 0. The van der Waals surface area contributed by atoms with E-state index < -0.39 is 0 Å². The number of halogens is 1. The Hall–Kier alpha value is -2.46. The molecule has 3 heterocycles. The first-order valence-electron chi connectivity index (χ1n) is 8.24. The Labute approximate surface area is 157 Å². The van der Waals surface area contributed by atoms with Crippen molar-refractivity contribution in [3.63, 3.8) is 0 Å². The van der Waals surface area contributed by atoms with E-state index in [1.54, 1.807) is 12.3 Å². The molecule has 7 heteroatoms. The number of aryl methyl sites for hydroxylation is 2. The third-order valence-corrected chi connectivity index (χ3v) is 4.24. The fourth-order valence-corrected chi connectivity index (χ4v) is 3.06. The van der Waals surface area contributed by atoms with Crippen LogP contribution >= 0.6 is 11.6 Å². The Bertz CT molecular complexity index is 947. The van der Waals surface area contributed by atoms with Crippen molar-refractivity contribution < 1.29 is 9.47 Å². The van der Waals surface area contributed by atoms with Crippen LogP contribution in [0.1, 0.15) is 11.1 Å². The fraction of sp³-hybridized carbons (Fsp3) is 0.316. The molecule has 0 saturated carbocycles. The van der Waals surface area contributed by atoms with Gasteiger partial charge in [0.2, 0.25) is 5.28 Å². The minimum absolute atomic E-state index is 0.200. The van der Waals surface area contributed by atoms with Crippen molar-refractivity contribution in [2.75, 3.05) is 26.4 Å².